The van der Waals surface area contributed by atoms with Crippen LogP contribution in [0, 0.1) is 5.92 Å². The van der Waals surface area contributed by atoms with E-state index in [0.29, 0.717) is 19.3 Å². The van der Waals surface area contributed by atoms with Crippen molar-refractivity contribution in [2.45, 2.75) is 387 Å². The monoisotopic (exact) mass is 1020 g/mol. The third kappa shape index (κ3) is 57.7. The van der Waals surface area contributed by atoms with Crippen LogP contribution in [0.25, 0.3) is 0 Å². The van der Waals surface area contributed by atoms with Crippen molar-refractivity contribution in [2.24, 2.45) is 5.92 Å². The van der Waals surface area contributed by atoms with Gasteiger partial charge >= 0.3 is 17.9 Å². The van der Waals surface area contributed by atoms with E-state index < -0.39 is 6.10 Å². The second-order valence-corrected chi connectivity index (χ2v) is 23.0. The average Bonchev–Trinajstić information content (AvgIpc) is 3.38. The highest BCUT2D eigenvalue weighted by Crippen LogP contribution is 2.19. The van der Waals surface area contributed by atoms with Crippen molar-refractivity contribution >= 4 is 17.9 Å². The molecule has 0 radical (unpaired) electrons. The Bertz CT molecular complexity index is 1090. The molecule has 0 aliphatic carbocycles. The topological polar surface area (TPSA) is 78.9 Å². The zero-order valence-electron chi connectivity index (χ0n) is 49.4. The van der Waals surface area contributed by atoms with Gasteiger partial charge in [-0.2, -0.15) is 0 Å². The molecule has 0 spiro atoms. The minimum absolute atomic E-state index is 0.0609. The second kappa shape index (κ2) is 60.3. The van der Waals surface area contributed by atoms with E-state index in [1.165, 1.54) is 276 Å². The van der Waals surface area contributed by atoms with E-state index in [0.717, 1.165) is 63.7 Å². The zero-order chi connectivity index (χ0) is 52.3. The molecule has 0 aromatic heterocycles. The summed E-state index contributed by atoms with van der Waals surface area (Å²) in [5.41, 5.74) is 0. The van der Waals surface area contributed by atoms with Crippen molar-refractivity contribution in [3.8, 4) is 0 Å². The molecule has 0 aliphatic rings. The van der Waals surface area contributed by atoms with E-state index in [2.05, 4.69) is 27.7 Å². The Hall–Kier alpha value is -1.59. The van der Waals surface area contributed by atoms with Gasteiger partial charge in [0, 0.05) is 19.3 Å². The van der Waals surface area contributed by atoms with Crippen LogP contribution < -0.4 is 0 Å². The first-order valence-corrected chi connectivity index (χ1v) is 32.9. The van der Waals surface area contributed by atoms with Crippen LogP contribution in [0.3, 0.4) is 0 Å². The highest BCUT2D eigenvalue weighted by molar-refractivity contribution is 5.71. The van der Waals surface area contributed by atoms with Crippen LogP contribution in [0.2, 0.25) is 0 Å². The van der Waals surface area contributed by atoms with Gasteiger partial charge < -0.3 is 14.2 Å². The van der Waals surface area contributed by atoms with Gasteiger partial charge in [0.05, 0.1) is 0 Å². The van der Waals surface area contributed by atoms with Gasteiger partial charge in [-0.1, -0.05) is 342 Å². The number of esters is 3. The van der Waals surface area contributed by atoms with Gasteiger partial charge in [0.2, 0.25) is 0 Å². The van der Waals surface area contributed by atoms with Crippen molar-refractivity contribution < 1.29 is 28.6 Å². The summed E-state index contributed by atoms with van der Waals surface area (Å²) in [5, 5.41) is 0. The van der Waals surface area contributed by atoms with Crippen molar-refractivity contribution in [2.75, 3.05) is 13.2 Å². The molecule has 0 bridgehead atoms. The van der Waals surface area contributed by atoms with Gasteiger partial charge in [0.1, 0.15) is 13.2 Å². The lowest BCUT2D eigenvalue weighted by Gasteiger charge is -2.18. The van der Waals surface area contributed by atoms with E-state index in [9.17, 15) is 14.4 Å². The fraction of sp³-hybridized carbons (Fsp3) is 0.955. The van der Waals surface area contributed by atoms with Gasteiger partial charge in [-0.15, -0.1) is 0 Å². The molecule has 0 amide bonds. The summed E-state index contributed by atoms with van der Waals surface area (Å²) < 4.78 is 17.0. The predicted octanol–water partition coefficient (Wildman–Crippen LogP) is 22.1. The van der Waals surface area contributed by atoms with Gasteiger partial charge in [-0.05, 0) is 25.2 Å². The molecule has 0 saturated heterocycles. The minimum Gasteiger partial charge on any atom is -0.462 e. The van der Waals surface area contributed by atoms with E-state index >= 15 is 0 Å². The number of hydrogen-bond acceptors (Lipinski definition) is 6. The lowest BCUT2D eigenvalue weighted by molar-refractivity contribution is -0.167. The fourth-order valence-electron chi connectivity index (χ4n) is 10.3. The molecule has 1 unspecified atom stereocenters. The first-order valence-electron chi connectivity index (χ1n) is 32.9. The Morgan fingerprint density at radius 3 is 0.722 bits per heavy atom. The summed E-state index contributed by atoms with van der Waals surface area (Å²) in [6.07, 6.45) is 68.2. The third-order valence-corrected chi connectivity index (χ3v) is 15.7. The van der Waals surface area contributed by atoms with Crippen molar-refractivity contribution in [1.29, 1.82) is 0 Å². The lowest BCUT2D eigenvalue weighted by atomic mass is 9.99. The quantitative estimate of drug-likeness (QED) is 0.0343. The smallest absolute Gasteiger partial charge is 0.306 e. The second-order valence-electron chi connectivity index (χ2n) is 23.0. The summed E-state index contributed by atoms with van der Waals surface area (Å²) in [7, 11) is 0. The van der Waals surface area contributed by atoms with Crippen LogP contribution in [-0.4, -0.2) is 37.2 Å². The number of carbonyl (C=O) groups is 3. The predicted molar refractivity (Wildman–Crippen MR) is 312 cm³/mol. The number of unbranched alkanes of at least 4 members (excludes halogenated alkanes) is 47. The molecular weight excluding hydrogens is 889 g/mol. The number of rotatable bonds is 61. The van der Waals surface area contributed by atoms with Crippen LogP contribution in [-0.2, 0) is 28.6 Å². The van der Waals surface area contributed by atoms with Gasteiger partial charge in [-0.25, -0.2) is 0 Å². The lowest BCUT2D eigenvalue weighted by Crippen LogP contribution is -2.30. The highest BCUT2D eigenvalue weighted by atomic mass is 16.6. The number of ether oxygens (including phenoxy) is 3. The van der Waals surface area contributed by atoms with Crippen LogP contribution in [0.15, 0.2) is 0 Å². The zero-order valence-corrected chi connectivity index (χ0v) is 49.4. The largest absolute Gasteiger partial charge is 0.462 e. The molecule has 0 heterocycles. The standard InChI is InChI=1S/C66H128O6/c1-5-8-10-12-14-16-18-20-22-23-27-31-35-39-43-47-51-55-59-66(69)72-63(60-70-64(67)57-53-49-45-41-37-33-21-19-17-15-13-11-9-6-2)61-71-65(68)58-54-50-46-42-38-34-30-28-25-24-26-29-32-36-40-44-48-52-56-62(4)7-3/h62-63H,5-61H2,1-4H3/t62?,63-/m0/s1. The molecule has 72 heavy (non-hydrogen) atoms. The maximum Gasteiger partial charge on any atom is 0.306 e. The van der Waals surface area contributed by atoms with Crippen LogP contribution >= 0.6 is 0 Å². The van der Waals surface area contributed by atoms with Gasteiger partial charge in [0.15, 0.2) is 6.10 Å². The molecule has 0 aliphatic heterocycles. The normalized spacial score (nSPS) is 12.3. The SMILES string of the molecule is CCCCCCCCCCCCCCCCCCCCC(=O)O[C@@H](COC(=O)CCCCCCCCCCCCCCCC)COC(=O)CCCCCCCCCCCCCCCCCCCCC(C)CC. The van der Waals surface area contributed by atoms with Gasteiger partial charge in [0.25, 0.3) is 0 Å². The van der Waals surface area contributed by atoms with Gasteiger partial charge in [-0.3, -0.25) is 14.4 Å². The van der Waals surface area contributed by atoms with Crippen molar-refractivity contribution in [1.82, 2.24) is 0 Å². The summed E-state index contributed by atoms with van der Waals surface area (Å²) in [4.78, 5) is 38.3. The minimum atomic E-state index is -0.763. The molecule has 0 rings (SSSR count). The Labute approximate surface area is 450 Å². The maximum atomic E-state index is 12.9. The summed E-state index contributed by atoms with van der Waals surface area (Å²) in [6, 6.07) is 0. The van der Waals surface area contributed by atoms with E-state index in [1.54, 1.807) is 0 Å². The first kappa shape index (κ1) is 70.4. The van der Waals surface area contributed by atoms with E-state index in [1.807, 2.05) is 0 Å². The van der Waals surface area contributed by atoms with E-state index in [-0.39, 0.29) is 31.1 Å². The third-order valence-electron chi connectivity index (χ3n) is 15.7. The Morgan fingerprint density at radius 1 is 0.278 bits per heavy atom. The molecule has 0 aromatic carbocycles. The summed E-state index contributed by atoms with van der Waals surface area (Å²) >= 11 is 0. The molecule has 0 aromatic rings. The molecule has 428 valence electrons. The molecular formula is C66H128O6. The highest BCUT2D eigenvalue weighted by Gasteiger charge is 2.19. The first-order chi connectivity index (χ1) is 35.4. The molecule has 2 atom stereocenters. The molecule has 6 nitrogen and oxygen atoms in total. The van der Waals surface area contributed by atoms with Crippen LogP contribution in [0.1, 0.15) is 381 Å². The maximum absolute atomic E-state index is 12.9. The summed E-state index contributed by atoms with van der Waals surface area (Å²) in [5.74, 6) is 0.0846. The average molecular weight is 1020 g/mol. The Kier molecular flexibility index (Phi) is 58.9. The van der Waals surface area contributed by atoms with E-state index in [4.69, 9.17) is 14.2 Å². The Morgan fingerprint density at radius 2 is 0.486 bits per heavy atom. The van der Waals surface area contributed by atoms with Crippen molar-refractivity contribution in [3.05, 3.63) is 0 Å². The molecule has 6 heteroatoms. The fourth-order valence-corrected chi connectivity index (χ4v) is 10.3. The number of hydrogen-bond donors (Lipinski definition) is 0. The molecule has 0 N–H and O–H groups in total. The van der Waals surface area contributed by atoms with Crippen LogP contribution in [0.4, 0.5) is 0 Å². The van der Waals surface area contributed by atoms with Crippen LogP contribution in [0.5, 0.6) is 0 Å². The molecule has 0 fully saturated rings. The number of carbonyl (C=O) groups excluding carboxylic acids is 3. The molecule has 0 saturated carbocycles. The Balaban J connectivity index is 4.25. The van der Waals surface area contributed by atoms with Crippen molar-refractivity contribution in [3.63, 3.8) is 0 Å². The summed E-state index contributed by atoms with van der Waals surface area (Å²) in [6.45, 7) is 9.14.